The second-order valence-electron chi connectivity index (χ2n) is 3.42. The number of aromatic nitrogens is 3. The maximum absolute atomic E-state index is 10.9. The van der Waals surface area contributed by atoms with Crippen molar-refractivity contribution in [3.63, 3.8) is 0 Å². The van der Waals surface area contributed by atoms with E-state index in [-0.39, 0.29) is 5.56 Å². The predicted molar refractivity (Wildman–Crippen MR) is 64.8 cm³/mol. The summed E-state index contributed by atoms with van der Waals surface area (Å²) >= 11 is 1.47. The monoisotopic (exact) mass is 249 g/mol. The van der Waals surface area contributed by atoms with Gasteiger partial charge in [0, 0.05) is 0 Å². The SMILES string of the molecule is CSc1nnc(C)n1-c1cccc(C(=O)O)c1. The Morgan fingerprint density at radius 1 is 1.41 bits per heavy atom. The lowest BCUT2D eigenvalue weighted by molar-refractivity contribution is 0.0697. The molecule has 0 spiro atoms. The lowest BCUT2D eigenvalue weighted by Gasteiger charge is -2.07. The van der Waals surface area contributed by atoms with E-state index in [0.717, 1.165) is 16.7 Å². The van der Waals surface area contributed by atoms with Crippen molar-refractivity contribution in [2.45, 2.75) is 12.1 Å². The third-order valence-electron chi connectivity index (χ3n) is 2.33. The van der Waals surface area contributed by atoms with E-state index >= 15 is 0 Å². The fourth-order valence-corrected chi connectivity index (χ4v) is 2.09. The molecule has 17 heavy (non-hydrogen) atoms. The van der Waals surface area contributed by atoms with E-state index < -0.39 is 5.97 Å². The van der Waals surface area contributed by atoms with Gasteiger partial charge in [-0.2, -0.15) is 0 Å². The molecule has 5 nitrogen and oxygen atoms in total. The molecule has 0 aliphatic rings. The van der Waals surface area contributed by atoms with Crippen molar-refractivity contribution in [2.75, 3.05) is 6.26 Å². The second kappa shape index (κ2) is 4.58. The summed E-state index contributed by atoms with van der Waals surface area (Å²) < 4.78 is 1.83. The minimum Gasteiger partial charge on any atom is -0.478 e. The molecule has 0 aliphatic heterocycles. The van der Waals surface area contributed by atoms with Crippen LogP contribution in [0, 0.1) is 6.92 Å². The summed E-state index contributed by atoms with van der Waals surface area (Å²) in [4.78, 5) is 10.9. The third kappa shape index (κ3) is 2.16. The van der Waals surface area contributed by atoms with Crippen LogP contribution in [0.25, 0.3) is 5.69 Å². The summed E-state index contributed by atoms with van der Waals surface area (Å²) in [5.41, 5.74) is 1.01. The molecule has 0 aliphatic carbocycles. The fraction of sp³-hybridized carbons (Fsp3) is 0.182. The van der Waals surface area contributed by atoms with Crippen molar-refractivity contribution >= 4 is 17.7 Å². The van der Waals surface area contributed by atoms with Crippen molar-refractivity contribution in [3.8, 4) is 5.69 Å². The number of carboxylic acid groups (broad SMARTS) is 1. The van der Waals surface area contributed by atoms with Gasteiger partial charge in [-0.1, -0.05) is 17.8 Å². The molecule has 2 rings (SSSR count). The first-order valence-electron chi connectivity index (χ1n) is 4.93. The molecule has 1 heterocycles. The van der Waals surface area contributed by atoms with Crippen LogP contribution in [0.1, 0.15) is 16.2 Å². The molecule has 0 unspecified atom stereocenters. The van der Waals surface area contributed by atoms with Crippen LogP contribution >= 0.6 is 11.8 Å². The zero-order valence-corrected chi connectivity index (χ0v) is 10.2. The second-order valence-corrected chi connectivity index (χ2v) is 4.20. The first kappa shape index (κ1) is 11.7. The molecular weight excluding hydrogens is 238 g/mol. The number of hydrogen-bond donors (Lipinski definition) is 1. The molecule has 0 amide bonds. The van der Waals surface area contributed by atoms with Gasteiger partial charge in [0.1, 0.15) is 5.82 Å². The number of carboxylic acids is 1. The van der Waals surface area contributed by atoms with E-state index in [1.54, 1.807) is 18.2 Å². The first-order valence-corrected chi connectivity index (χ1v) is 6.15. The third-order valence-corrected chi connectivity index (χ3v) is 2.96. The molecule has 0 saturated carbocycles. The Kier molecular flexibility index (Phi) is 3.14. The summed E-state index contributed by atoms with van der Waals surface area (Å²) in [6.07, 6.45) is 1.90. The Bertz CT molecular complexity index is 566. The number of aryl methyl sites for hydroxylation is 1. The summed E-state index contributed by atoms with van der Waals surface area (Å²) in [7, 11) is 0. The highest BCUT2D eigenvalue weighted by Gasteiger charge is 2.11. The molecule has 0 radical (unpaired) electrons. The topological polar surface area (TPSA) is 68.0 Å². The van der Waals surface area contributed by atoms with E-state index in [1.807, 2.05) is 23.8 Å². The Morgan fingerprint density at radius 3 is 2.82 bits per heavy atom. The molecule has 0 saturated heterocycles. The number of benzene rings is 1. The molecule has 0 bridgehead atoms. The van der Waals surface area contributed by atoms with Crippen LogP contribution in [-0.2, 0) is 0 Å². The van der Waals surface area contributed by atoms with Crippen LogP contribution in [-0.4, -0.2) is 32.1 Å². The zero-order chi connectivity index (χ0) is 12.4. The fourth-order valence-electron chi connectivity index (χ4n) is 1.55. The number of thioether (sulfide) groups is 1. The van der Waals surface area contributed by atoms with Crippen LogP contribution in [0.15, 0.2) is 29.4 Å². The predicted octanol–water partition coefficient (Wildman–Crippen LogP) is 2.00. The number of nitrogens with zero attached hydrogens (tertiary/aromatic N) is 3. The minimum atomic E-state index is -0.941. The molecule has 2 aromatic rings. The highest BCUT2D eigenvalue weighted by atomic mass is 32.2. The van der Waals surface area contributed by atoms with Crippen LogP contribution in [0.4, 0.5) is 0 Å². The van der Waals surface area contributed by atoms with Gasteiger partial charge in [-0.15, -0.1) is 10.2 Å². The molecular formula is C11H11N3O2S. The van der Waals surface area contributed by atoms with Gasteiger partial charge >= 0.3 is 5.97 Å². The molecule has 6 heteroatoms. The van der Waals surface area contributed by atoms with Crippen LogP contribution in [0.5, 0.6) is 0 Å². The van der Waals surface area contributed by atoms with E-state index in [9.17, 15) is 4.79 Å². The van der Waals surface area contributed by atoms with E-state index in [0.29, 0.717) is 0 Å². The molecule has 0 atom stereocenters. The Labute approximate surface area is 102 Å². The van der Waals surface area contributed by atoms with Crippen molar-refractivity contribution in [1.82, 2.24) is 14.8 Å². The average Bonchev–Trinajstić information content (AvgIpc) is 2.70. The Morgan fingerprint density at radius 2 is 2.18 bits per heavy atom. The summed E-state index contributed by atoms with van der Waals surface area (Å²) in [5, 5.41) is 17.7. The van der Waals surface area contributed by atoms with Gasteiger partial charge < -0.3 is 5.11 Å². The highest BCUT2D eigenvalue weighted by Crippen LogP contribution is 2.20. The maximum Gasteiger partial charge on any atom is 0.335 e. The van der Waals surface area contributed by atoms with E-state index in [2.05, 4.69) is 10.2 Å². The summed E-state index contributed by atoms with van der Waals surface area (Å²) in [6.45, 7) is 1.83. The average molecular weight is 249 g/mol. The molecule has 1 aromatic heterocycles. The standard InChI is InChI=1S/C11H11N3O2S/c1-7-12-13-11(17-2)14(7)9-5-3-4-8(6-9)10(15)16/h3-6H,1-2H3,(H,15,16). The van der Waals surface area contributed by atoms with Crippen molar-refractivity contribution in [2.24, 2.45) is 0 Å². The lowest BCUT2D eigenvalue weighted by Crippen LogP contribution is -2.02. The summed E-state index contributed by atoms with van der Waals surface area (Å²) in [5.74, 6) is -0.208. The van der Waals surface area contributed by atoms with Crippen molar-refractivity contribution in [3.05, 3.63) is 35.7 Å². The quantitative estimate of drug-likeness (QED) is 0.842. The number of carbonyl (C=O) groups is 1. The van der Waals surface area contributed by atoms with E-state index in [4.69, 9.17) is 5.11 Å². The zero-order valence-electron chi connectivity index (χ0n) is 9.41. The van der Waals surface area contributed by atoms with E-state index in [1.165, 1.54) is 11.8 Å². The van der Waals surface area contributed by atoms with Gasteiger partial charge in [-0.05, 0) is 31.4 Å². The number of hydrogen-bond acceptors (Lipinski definition) is 4. The van der Waals surface area contributed by atoms with Gasteiger partial charge in [0.05, 0.1) is 11.3 Å². The lowest BCUT2D eigenvalue weighted by atomic mass is 10.2. The van der Waals surface area contributed by atoms with Gasteiger partial charge in [0.25, 0.3) is 0 Å². The van der Waals surface area contributed by atoms with Crippen LogP contribution in [0.3, 0.4) is 0 Å². The van der Waals surface area contributed by atoms with Gasteiger partial charge in [-0.3, -0.25) is 4.57 Å². The van der Waals surface area contributed by atoms with Crippen LogP contribution < -0.4 is 0 Å². The number of aromatic carboxylic acids is 1. The van der Waals surface area contributed by atoms with Crippen molar-refractivity contribution < 1.29 is 9.90 Å². The van der Waals surface area contributed by atoms with Crippen molar-refractivity contribution in [1.29, 1.82) is 0 Å². The normalized spacial score (nSPS) is 10.5. The smallest absolute Gasteiger partial charge is 0.335 e. The van der Waals surface area contributed by atoms with Crippen LogP contribution in [0.2, 0.25) is 0 Å². The number of rotatable bonds is 3. The van der Waals surface area contributed by atoms with Gasteiger partial charge in [-0.25, -0.2) is 4.79 Å². The Balaban J connectivity index is 2.56. The van der Waals surface area contributed by atoms with Gasteiger partial charge in [0.15, 0.2) is 5.16 Å². The minimum absolute atomic E-state index is 0.252. The highest BCUT2D eigenvalue weighted by molar-refractivity contribution is 7.98. The molecule has 1 aromatic carbocycles. The summed E-state index contributed by atoms with van der Waals surface area (Å²) in [6, 6.07) is 6.72. The maximum atomic E-state index is 10.9. The largest absolute Gasteiger partial charge is 0.478 e. The first-order chi connectivity index (χ1) is 8.13. The molecule has 88 valence electrons. The Hall–Kier alpha value is -1.82. The molecule has 0 fully saturated rings. The van der Waals surface area contributed by atoms with Gasteiger partial charge in [0.2, 0.25) is 0 Å². The molecule has 1 N–H and O–H groups in total.